The average Bonchev–Trinajstić information content (AvgIpc) is 3.41. The summed E-state index contributed by atoms with van der Waals surface area (Å²) in [4.78, 5) is 52.1. The molecule has 1 fully saturated rings. The fourth-order valence-electron chi connectivity index (χ4n) is 4.69. The zero-order chi connectivity index (χ0) is 25.1. The summed E-state index contributed by atoms with van der Waals surface area (Å²) in [5, 5.41) is 0.826. The Balaban J connectivity index is 1.37. The van der Waals surface area contributed by atoms with Crippen molar-refractivity contribution in [2.45, 2.75) is 31.2 Å². The van der Waals surface area contributed by atoms with Gasteiger partial charge in [-0.15, -0.1) is 11.3 Å². The summed E-state index contributed by atoms with van der Waals surface area (Å²) in [7, 11) is 1.72. The zero-order valence-corrected chi connectivity index (χ0v) is 20.8. The van der Waals surface area contributed by atoms with Gasteiger partial charge in [0, 0.05) is 44.7 Å². The Kier molecular flexibility index (Phi) is 6.61. The van der Waals surface area contributed by atoms with Gasteiger partial charge in [-0.3, -0.25) is 24.3 Å². The monoisotopic (exact) mass is 498 g/mol. The number of benzene rings is 2. The number of aromatic nitrogens is 2. The van der Waals surface area contributed by atoms with Gasteiger partial charge in [-0.25, -0.2) is 4.98 Å². The normalized spacial score (nSPS) is 17.6. The number of para-hydroxylation sites is 1. The summed E-state index contributed by atoms with van der Waals surface area (Å²) < 4.78 is 1.06. The van der Waals surface area contributed by atoms with Gasteiger partial charge in [0.05, 0.1) is 22.2 Å². The highest BCUT2D eigenvalue weighted by atomic mass is 32.1. The highest BCUT2D eigenvalue weighted by Gasteiger charge is 2.53. The SMILES string of the molecule is CN(Cc1nc2ccccc2s1)C(=O)C[C@]1(c2ccccc2)CC(=O)N(CCc2ccccn2)C1=O. The van der Waals surface area contributed by atoms with Gasteiger partial charge in [0.15, 0.2) is 0 Å². The predicted octanol–water partition coefficient (Wildman–Crippen LogP) is 3.98. The zero-order valence-electron chi connectivity index (χ0n) is 20.0. The average molecular weight is 499 g/mol. The molecule has 0 spiro atoms. The maximum atomic E-state index is 13.8. The van der Waals surface area contributed by atoms with Crippen molar-refractivity contribution in [3.05, 3.63) is 95.3 Å². The molecule has 4 aromatic rings. The van der Waals surface area contributed by atoms with E-state index >= 15 is 0 Å². The number of nitrogens with zero attached hydrogens (tertiary/aromatic N) is 4. The van der Waals surface area contributed by atoms with Crippen LogP contribution < -0.4 is 0 Å². The Bertz CT molecular complexity index is 1370. The first kappa shape index (κ1) is 23.8. The number of carbonyl (C=O) groups excluding carboxylic acids is 3. The number of imide groups is 1. The molecule has 36 heavy (non-hydrogen) atoms. The van der Waals surface area contributed by atoms with Crippen molar-refractivity contribution in [3.8, 4) is 0 Å². The molecule has 0 radical (unpaired) electrons. The van der Waals surface area contributed by atoms with Crippen LogP contribution in [-0.2, 0) is 32.8 Å². The maximum absolute atomic E-state index is 13.8. The van der Waals surface area contributed by atoms with E-state index in [1.807, 2.05) is 72.8 Å². The molecule has 0 aliphatic carbocycles. The lowest BCUT2D eigenvalue weighted by Gasteiger charge is -2.29. The molecule has 8 heteroatoms. The molecule has 0 saturated carbocycles. The third-order valence-corrected chi connectivity index (χ3v) is 7.66. The first-order valence-corrected chi connectivity index (χ1v) is 12.7. The third-order valence-electron chi connectivity index (χ3n) is 6.64. The van der Waals surface area contributed by atoms with Crippen molar-refractivity contribution in [2.75, 3.05) is 13.6 Å². The van der Waals surface area contributed by atoms with Crippen LogP contribution in [-0.4, -0.2) is 51.1 Å². The summed E-state index contributed by atoms with van der Waals surface area (Å²) in [5.74, 6) is -0.788. The maximum Gasteiger partial charge on any atom is 0.240 e. The highest BCUT2D eigenvalue weighted by molar-refractivity contribution is 7.18. The molecular formula is C28H26N4O3S. The second kappa shape index (κ2) is 9.99. The van der Waals surface area contributed by atoms with Gasteiger partial charge in [-0.2, -0.15) is 0 Å². The fraction of sp³-hybridized carbons (Fsp3) is 0.250. The van der Waals surface area contributed by atoms with Crippen molar-refractivity contribution in [1.29, 1.82) is 0 Å². The van der Waals surface area contributed by atoms with Crippen LogP contribution >= 0.6 is 11.3 Å². The van der Waals surface area contributed by atoms with Crippen LogP contribution in [0.15, 0.2) is 79.0 Å². The van der Waals surface area contributed by atoms with E-state index in [1.165, 1.54) is 4.90 Å². The number of fused-ring (bicyclic) bond motifs is 1. The summed E-state index contributed by atoms with van der Waals surface area (Å²) >= 11 is 1.55. The van der Waals surface area contributed by atoms with Crippen LogP contribution in [0.3, 0.4) is 0 Å². The van der Waals surface area contributed by atoms with Crippen LogP contribution in [0.2, 0.25) is 0 Å². The molecule has 182 valence electrons. The van der Waals surface area contributed by atoms with E-state index < -0.39 is 5.41 Å². The third kappa shape index (κ3) is 4.64. The number of hydrogen-bond donors (Lipinski definition) is 0. The van der Waals surface area contributed by atoms with Crippen molar-refractivity contribution in [3.63, 3.8) is 0 Å². The lowest BCUT2D eigenvalue weighted by Crippen LogP contribution is -2.43. The Morgan fingerprint density at radius 1 is 1.03 bits per heavy atom. The Morgan fingerprint density at radius 3 is 2.53 bits per heavy atom. The van der Waals surface area contributed by atoms with E-state index in [0.717, 1.165) is 20.9 Å². The molecule has 1 aliphatic rings. The minimum Gasteiger partial charge on any atom is -0.339 e. The standard InChI is InChI=1S/C28H26N4O3S/c1-31(19-24-30-22-12-5-6-13-23(22)36-24)25(33)17-28(20-9-3-2-4-10-20)18-26(34)32(27(28)35)16-14-21-11-7-8-15-29-21/h2-13,15H,14,16-19H2,1H3/t28-/m1/s1. The van der Waals surface area contributed by atoms with Crippen LogP contribution in [0.4, 0.5) is 0 Å². The second-order valence-corrected chi connectivity index (χ2v) is 10.2. The smallest absolute Gasteiger partial charge is 0.240 e. The van der Waals surface area contributed by atoms with E-state index in [9.17, 15) is 14.4 Å². The van der Waals surface area contributed by atoms with E-state index in [-0.39, 0.29) is 37.1 Å². The van der Waals surface area contributed by atoms with E-state index in [4.69, 9.17) is 0 Å². The summed E-state index contributed by atoms with van der Waals surface area (Å²) in [6, 6.07) is 22.6. The Morgan fingerprint density at radius 2 is 1.78 bits per heavy atom. The number of hydrogen-bond acceptors (Lipinski definition) is 6. The number of carbonyl (C=O) groups is 3. The minimum atomic E-state index is -1.22. The molecule has 2 aromatic heterocycles. The molecule has 0 bridgehead atoms. The van der Waals surface area contributed by atoms with Crippen LogP contribution in [0.25, 0.3) is 10.2 Å². The van der Waals surface area contributed by atoms with Gasteiger partial charge >= 0.3 is 0 Å². The van der Waals surface area contributed by atoms with Gasteiger partial charge in [0.2, 0.25) is 17.7 Å². The molecule has 0 N–H and O–H groups in total. The number of pyridine rings is 1. The van der Waals surface area contributed by atoms with Crippen molar-refractivity contribution < 1.29 is 14.4 Å². The molecule has 7 nitrogen and oxygen atoms in total. The molecule has 3 amide bonds. The fourth-order valence-corrected chi connectivity index (χ4v) is 5.71. The molecule has 5 rings (SSSR count). The number of amides is 3. The molecule has 1 saturated heterocycles. The number of thiazole rings is 1. The summed E-state index contributed by atoms with van der Waals surface area (Å²) in [6.45, 7) is 0.577. The van der Waals surface area contributed by atoms with Gasteiger partial charge in [-0.1, -0.05) is 48.5 Å². The summed E-state index contributed by atoms with van der Waals surface area (Å²) in [6.07, 6.45) is 2.05. The molecule has 3 heterocycles. The quantitative estimate of drug-likeness (QED) is 0.343. The highest BCUT2D eigenvalue weighted by Crippen LogP contribution is 2.40. The predicted molar refractivity (Wildman–Crippen MR) is 138 cm³/mol. The van der Waals surface area contributed by atoms with Crippen molar-refractivity contribution >= 4 is 39.3 Å². The molecule has 1 atom stereocenters. The van der Waals surface area contributed by atoms with Gasteiger partial charge in [-0.05, 0) is 29.8 Å². The van der Waals surface area contributed by atoms with Crippen LogP contribution in [0.5, 0.6) is 0 Å². The van der Waals surface area contributed by atoms with Gasteiger partial charge in [0.1, 0.15) is 5.01 Å². The lowest BCUT2D eigenvalue weighted by atomic mass is 9.75. The summed E-state index contributed by atoms with van der Waals surface area (Å²) in [5.41, 5.74) is 1.17. The van der Waals surface area contributed by atoms with Crippen LogP contribution in [0, 0.1) is 0 Å². The van der Waals surface area contributed by atoms with Crippen molar-refractivity contribution in [1.82, 2.24) is 19.8 Å². The first-order chi connectivity index (χ1) is 17.5. The number of rotatable bonds is 8. The lowest BCUT2D eigenvalue weighted by molar-refractivity contribution is -0.142. The number of likely N-dealkylation sites (tertiary alicyclic amines) is 1. The van der Waals surface area contributed by atoms with Gasteiger partial charge in [0.25, 0.3) is 0 Å². The van der Waals surface area contributed by atoms with Crippen molar-refractivity contribution in [2.24, 2.45) is 0 Å². The first-order valence-electron chi connectivity index (χ1n) is 11.8. The van der Waals surface area contributed by atoms with Crippen LogP contribution in [0.1, 0.15) is 29.1 Å². The minimum absolute atomic E-state index is 0.0290. The topological polar surface area (TPSA) is 83.5 Å². The Hall–Kier alpha value is -3.91. The van der Waals surface area contributed by atoms with E-state index in [2.05, 4.69) is 9.97 Å². The Labute approximate surface area is 213 Å². The van der Waals surface area contributed by atoms with E-state index in [0.29, 0.717) is 18.5 Å². The molecule has 2 aromatic carbocycles. The largest absolute Gasteiger partial charge is 0.339 e. The molecule has 0 unspecified atom stereocenters. The molecular weight excluding hydrogens is 472 g/mol. The van der Waals surface area contributed by atoms with Gasteiger partial charge < -0.3 is 4.90 Å². The molecule has 1 aliphatic heterocycles. The second-order valence-electron chi connectivity index (χ2n) is 9.05. The van der Waals surface area contributed by atoms with E-state index in [1.54, 1.807) is 29.5 Å².